The third-order valence-electron chi connectivity index (χ3n) is 8.16. The highest BCUT2D eigenvalue weighted by molar-refractivity contribution is 5.96. The first-order valence-corrected chi connectivity index (χ1v) is 10.7. The van der Waals surface area contributed by atoms with Crippen molar-refractivity contribution >= 4 is 5.71 Å². The Balaban J connectivity index is 1.32. The Morgan fingerprint density at radius 2 is 2.04 bits per heavy atom. The number of fused-ring (bicyclic) bond motifs is 5. The Labute approximate surface area is 161 Å². The summed E-state index contributed by atoms with van der Waals surface area (Å²) in [7, 11) is 0. The fraction of sp³-hybridized carbons (Fsp3) is 0.652. The largest absolute Gasteiger partial charge is 0.393 e. The van der Waals surface area contributed by atoms with E-state index in [4.69, 9.17) is 4.84 Å². The summed E-state index contributed by atoms with van der Waals surface area (Å²) in [5, 5.41) is 14.9. The lowest BCUT2D eigenvalue weighted by atomic mass is 9.52. The second-order valence-electron chi connectivity index (χ2n) is 9.32. The fourth-order valence-corrected chi connectivity index (χ4v) is 6.74. The molecular weight excluding hydrogens is 336 g/mol. The van der Waals surface area contributed by atoms with Crippen LogP contribution in [0.15, 0.2) is 41.2 Å². The molecule has 3 saturated carbocycles. The van der Waals surface area contributed by atoms with Crippen molar-refractivity contribution in [3.05, 3.63) is 36.0 Å². The third-order valence-corrected chi connectivity index (χ3v) is 8.16. The van der Waals surface area contributed by atoms with Gasteiger partial charge in [0.2, 0.25) is 5.88 Å². The molecule has 0 saturated heterocycles. The molecule has 5 rings (SSSR count). The van der Waals surface area contributed by atoms with Gasteiger partial charge in [-0.2, -0.15) is 0 Å². The summed E-state index contributed by atoms with van der Waals surface area (Å²) in [5.74, 6) is 3.63. The number of pyridine rings is 1. The quantitative estimate of drug-likeness (QED) is 0.769. The molecule has 0 bridgehead atoms. The molecule has 0 amide bonds. The van der Waals surface area contributed by atoms with E-state index in [2.05, 4.69) is 23.1 Å². The van der Waals surface area contributed by atoms with Gasteiger partial charge in [0.05, 0.1) is 11.8 Å². The summed E-state index contributed by atoms with van der Waals surface area (Å²) in [4.78, 5) is 9.69. The second kappa shape index (κ2) is 6.73. The van der Waals surface area contributed by atoms with Crippen molar-refractivity contribution in [2.45, 2.75) is 64.4 Å². The average molecular weight is 367 g/mol. The lowest BCUT2D eigenvalue weighted by Crippen LogP contribution is -2.47. The summed E-state index contributed by atoms with van der Waals surface area (Å²) < 4.78 is 0. The molecule has 0 radical (unpaired) electrons. The van der Waals surface area contributed by atoms with Gasteiger partial charge in [-0.3, -0.25) is 0 Å². The molecule has 0 unspecified atom stereocenters. The van der Waals surface area contributed by atoms with E-state index in [-0.39, 0.29) is 11.5 Å². The smallest absolute Gasteiger partial charge is 0.248 e. The molecule has 1 heterocycles. The van der Waals surface area contributed by atoms with Gasteiger partial charge in [-0.1, -0.05) is 23.7 Å². The van der Waals surface area contributed by atoms with Crippen LogP contribution in [0.1, 0.15) is 58.3 Å². The number of aliphatic hydroxyl groups is 1. The van der Waals surface area contributed by atoms with Gasteiger partial charge < -0.3 is 9.94 Å². The van der Waals surface area contributed by atoms with Crippen LogP contribution >= 0.6 is 0 Å². The molecule has 27 heavy (non-hydrogen) atoms. The monoisotopic (exact) mass is 366 g/mol. The van der Waals surface area contributed by atoms with Crippen molar-refractivity contribution in [2.24, 2.45) is 34.2 Å². The van der Waals surface area contributed by atoms with Crippen molar-refractivity contribution in [2.75, 3.05) is 0 Å². The molecule has 3 fully saturated rings. The van der Waals surface area contributed by atoms with E-state index in [1.165, 1.54) is 38.5 Å². The Kier molecular flexibility index (Phi) is 4.34. The summed E-state index contributed by atoms with van der Waals surface area (Å²) in [6.45, 7) is 2.36. The number of oxime groups is 1. The van der Waals surface area contributed by atoms with Crippen LogP contribution in [0, 0.1) is 29.1 Å². The van der Waals surface area contributed by atoms with Crippen LogP contribution in [0.2, 0.25) is 0 Å². The molecule has 4 aliphatic carbocycles. The molecule has 0 spiro atoms. The molecule has 4 heteroatoms. The number of allylic oxidation sites excluding steroid dienone is 2. The van der Waals surface area contributed by atoms with Crippen molar-refractivity contribution in [1.82, 2.24) is 4.98 Å². The van der Waals surface area contributed by atoms with Crippen molar-refractivity contribution < 1.29 is 9.94 Å². The molecule has 1 N–H and O–H groups in total. The van der Waals surface area contributed by atoms with E-state index in [0.29, 0.717) is 5.88 Å². The lowest BCUT2D eigenvalue weighted by molar-refractivity contribution is -0.0526. The van der Waals surface area contributed by atoms with Gasteiger partial charge in [0.15, 0.2) is 0 Å². The van der Waals surface area contributed by atoms with Gasteiger partial charge in [0.25, 0.3) is 0 Å². The Bertz CT molecular complexity index is 759. The van der Waals surface area contributed by atoms with Gasteiger partial charge in [0.1, 0.15) is 0 Å². The van der Waals surface area contributed by atoms with Crippen LogP contribution in [0.5, 0.6) is 5.88 Å². The second-order valence-corrected chi connectivity index (χ2v) is 9.32. The van der Waals surface area contributed by atoms with Crippen LogP contribution in [-0.2, 0) is 0 Å². The summed E-state index contributed by atoms with van der Waals surface area (Å²) in [6, 6.07) is 5.63. The molecular formula is C23H30N2O2. The maximum Gasteiger partial charge on any atom is 0.248 e. The standard InChI is InChI=1S/C23H30N2O2/c1-23-12-11-18-17-8-6-16(25-27-22-4-2-3-13-24-22)14-15(17)5-7-19(18)20(23)9-10-21(23)26/h2-4,13-14,17-21,26H,5-12H2,1H3/t17-,18+,19+,20-,21-,23-/m0/s1. The number of rotatable bonds is 2. The molecule has 0 aromatic carbocycles. The predicted molar refractivity (Wildman–Crippen MR) is 105 cm³/mol. The van der Waals surface area contributed by atoms with Gasteiger partial charge in [0, 0.05) is 12.3 Å². The average Bonchev–Trinajstić information content (AvgIpc) is 3.01. The van der Waals surface area contributed by atoms with Crippen LogP contribution in [-0.4, -0.2) is 21.9 Å². The third kappa shape index (κ3) is 2.93. The van der Waals surface area contributed by atoms with E-state index in [9.17, 15) is 5.11 Å². The predicted octanol–water partition coefficient (Wildman–Crippen LogP) is 4.75. The number of aromatic nitrogens is 1. The van der Waals surface area contributed by atoms with E-state index in [1.54, 1.807) is 11.8 Å². The zero-order chi connectivity index (χ0) is 18.4. The number of nitrogens with zero attached hydrogens (tertiary/aromatic N) is 2. The highest BCUT2D eigenvalue weighted by Gasteiger charge is 2.55. The summed E-state index contributed by atoms with van der Waals surface area (Å²) in [5.41, 5.74) is 2.83. The van der Waals surface area contributed by atoms with Gasteiger partial charge in [-0.15, -0.1) is 0 Å². The summed E-state index contributed by atoms with van der Waals surface area (Å²) >= 11 is 0. The highest BCUT2D eigenvalue weighted by atomic mass is 16.6. The molecule has 144 valence electrons. The molecule has 1 aromatic heterocycles. The van der Waals surface area contributed by atoms with Crippen LogP contribution in [0.25, 0.3) is 0 Å². The molecule has 4 aliphatic rings. The minimum Gasteiger partial charge on any atom is -0.393 e. The first-order valence-electron chi connectivity index (χ1n) is 10.7. The first kappa shape index (κ1) is 17.4. The van der Waals surface area contributed by atoms with Crippen molar-refractivity contribution in [1.29, 1.82) is 0 Å². The molecule has 0 aliphatic heterocycles. The maximum absolute atomic E-state index is 10.5. The Morgan fingerprint density at radius 3 is 2.89 bits per heavy atom. The van der Waals surface area contributed by atoms with E-state index >= 15 is 0 Å². The zero-order valence-electron chi connectivity index (χ0n) is 16.2. The Morgan fingerprint density at radius 1 is 1.11 bits per heavy atom. The van der Waals surface area contributed by atoms with Gasteiger partial charge >= 0.3 is 0 Å². The zero-order valence-corrected chi connectivity index (χ0v) is 16.2. The number of hydrogen-bond acceptors (Lipinski definition) is 4. The topological polar surface area (TPSA) is 54.7 Å². The van der Waals surface area contributed by atoms with Gasteiger partial charge in [-0.25, -0.2) is 4.98 Å². The first-order chi connectivity index (χ1) is 13.1. The van der Waals surface area contributed by atoms with E-state index in [0.717, 1.165) is 42.2 Å². The number of hydrogen-bond donors (Lipinski definition) is 1. The minimum absolute atomic E-state index is 0.0748. The fourth-order valence-electron chi connectivity index (χ4n) is 6.74. The van der Waals surface area contributed by atoms with Crippen molar-refractivity contribution in [3.63, 3.8) is 0 Å². The van der Waals surface area contributed by atoms with Crippen LogP contribution < -0.4 is 4.84 Å². The molecule has 4 nitrogen and oxygen atoms in total. The molecule has 6 atom stereocenters. The van der Waals surface area contributed by atoms with Gasteiger partial charge in [-0.05, 0) is 92.6 Å². The minimum atomic E-state index is -0.0748. The maximum atomic E-state index is 10.5. The lowest BCUT2D eigenvalue weighted by Gasteiger charge is -2.53. The number of aliphatic hydroxyl groups excluding tert-OH is 1. The van der Waals surface area contributed by atoms with Crippen LogP contribution in [0.4, 0.5) is 0 Å². The highest BCUT2D eigenvalue weighted by Crippen LogP contribution is 2.61. The molecule has 1 aromatic rings. The van der Waals surface area contributed by atoms with Crippen molar-refractivity contribution in [3.8, 4) is 5.88 Å². The Hall–Kier alpha value is -1.68. The SMILES string of the molecule is C[C@]12CC[C@H]3[C@@H](CCC4=CC(=NOc5ccccn5)CC[C@@H]43)[C@@H]1CC[C@@H]2O. The van der Waals surface area contributed by atoms with E-state index < -0.39 is 0 Å². The normalized spacial score (nSPS) is 42.1. The summed E-state index contributed by atoms with van der Waals surface area (Å²) in [6.07, 6.45) is 13.4. The van der Waals surface area contributed by atoms with E-state index in [1.807, 2.05) is 18.2 Å². The van der Waals surface area contributed by atoms with Crippen LogP contribution in [0.3, 0.4) is 0 Å².